The lowest BCUT2D eigenvalue weighted by Gasteiger charge is -2.13. The minimum Gasteiger partial charge on any atom is -0.321 e. The van der Waals surface area contributed by atoms with Gasteiger partial charge < -0.3 is 9.88 Å². The fourth-order valence-electron chi connectivity index (χ4n) is 3.20. The Balaban J connectivity index is 1.98. The molecule has 3 aromatic rings. The van der Waals surface area contributed by atoms with Crippen LogP contribution < -0.4 is 5.32 Å². The van der Waals surface area contributed by atoms with Crippen LogP contribution in [-0.2, 0) is 4.79 Å². The van der Waals surface area contributed by atoms with Crippen LogP contribution in [0.1, 0.15) is 22.5 Å². The molecular weight excluding hydrogens is 450 g/mol. The summed E-state index contributed by atoms with van der Waals surface area (Å²) in [5.74, 6) is -0.450. The van der Waals surface area contributed by atoms with Gasteiger partial charge in [-0.1, -0.05) is 39.7 Å². The van der Waals surface area contributed by atoms with Crippen molar-refractivity contribution in [1.82, 2.24) is 4.57 Å². The molecule has 146 valence electrons. The van der Waals surface area contributed by atoms with Crippen molar-refractivity contribution in [2.75, 3.05) is 5.32 Å². The van der Waals surface area contributed by atoms with Crippen LogP contribution in [0.2, 0.25) is 5.02 Å². The number of aromatic nitrogens is 1. The molecule has 1 amide bonds. The lowest BCUT2D eigenvalue weighted by Crippen LogP contribution is -2.13. The van der Waals surface area contributed by atoms with E-state index in [1.807, 2.05) is 63.2 Å². The van der Waals surface area contributed by atoms with E-state index in [2.05, 4.69) is 25.8 Å². The second-order valence-electron chi connectivity index (χ2n) is 6.73. The van der Waals surface area contributed by atoms with Crippen molar-refractivity contribution in [1.29, 1.82) is 5.26 Å². The molecule has 0 unspecified atom stereocenters. The second-order valence-corrected chi connectivity index (χ2v) is 8.08. The van der Waals surface area contributed by atoms with Gasteiger partial charge >= 0.3 is 0 Å². The number of nitrogens with one attached hydrogen (secondary N) is 1. The number of halogens is 2. The van der Waals surface area contributed by atoms with Gasteiger partial charge in [0.15, 0.2) is 0 Å². The predicted octanol–water partition coefficient (Wildman–Crippen LogP) is 6.36. The first kappa shape index (κ1) is 20.9. The van der Waals surface area contributed by atoms with Crippen LogP contribution in [-0.4, -0.2) is 10.5 Å². The molecule has 0 atom stereocenters. The van der Waals surface area contributed by atoms with Gasteiger partial charge in [0.25, 0.3) is 5.91 Å². The lowest BCUT2D eigenvalue weighted by molar-refractivity contribution is -0.112. The Morgan fingerprint density at radius 3 is 2.62 bits per heavy atom. The largest absolute Gasteiger partial charge is 0.321 e. The third-order valence-corrected chi connectivity index (χ3v) is 5.36. The number of anilines is 1. The molecule has 0 fully saturated rings. The van der Waals surface area contributed by atoms with Crippen molar-refractivity contribution in [3.8, 4) is 11.8 Å². The third kappa shape index (κ3) is 4.61. The number of hydrogen-bond acceptors (Lipinski definition) is 2. The van der Waals surface area contributed by atoms with Crippen LogP contribution in [0.4, 0.5) is 5.69 Å². The number of carbonyl (C=O) groups is 1. The summed E-state index contributed by atoms with van der Waals surface area (Å²) in [6, 6.07) is 16.9. The Labute approximate surface area is 183 Å². The number of nitriles is 1. The van der Waals surface area contributed by atoms with Crippen molar-refractivity contribution >= 4 is 45.2 Å². The Hall–Kier alpha value is -2.81. The van der Waals surface area contributed by atoms with E-state index in [0.29, 0.717) is 10.7 Å². The highest BCUT2D eigenvalue weighted by Crippen LogP contribution is 2.27. The molecule has 0 saturated carbocycles. The van der Waals surface area contributed by atoms with Crippen LogP contribution in [0.25, 0.3) is 11.8 Å². The summed E-state index contributed by atoms with van der Waals surface area (Å²) in [4.78, 5) is 12.6. The normalized spacial score (nSPS) is 11.2. The average molecular weight is 469 g/mol. The molecule has 0 bridgehead atoms. The van der Waals surface area contributed by atoms with Gasteiger partial charge in [-0.05, 0) is 74.4 Å². The lowest BCUT2D eigenvalue weighted by atomic mass is 10.1. The van der Waals surface area contributed by atoms with E-state index in [1.54, 1.807) is 18.2 Å². The zero-order chi connectivity index (χ0) is 21.1. The predicted molar refractivity (Wildman–Crippen MR) is 121 cm³/mol. The average Bonchev–Trinajstić information content (AvgIpc) is 2.95. The molecule has 2 aromatic carbocycles. The Morgan fingerprint density at radius 2 is 1.93 bits per heavy atom. The summed E-state index contributed by atoms with van der Waals surface area (Å²) < 4.78 is 2.92. The number of benzene rings is 2. The van der Waals surface area contributed by atoms with Crippen molar-refractivity contribution in [2.45, 2.75) is 20.8 Å². The number of aryl methyl sites for hydroxylation is 2. The fraction of sp³-hybridized carbons (Fsp3) is 0.130. The van der Waals surface area contributed by atoms with E-state index in [1.165, 1.54) is 0 Å². The summed E-state index contributed by atoms with van der Waals surface area (Å²) in [6.45, 7) is 5.96. The van der Waals surface area contributed by atoms with Crippen LogP contribution in [0.15, 0.2) is 58.6 Å². The summed E-state index contributed by atoms with van der Waals surface area (Å²) in [5.41, 5.74) is 5.44. The van der Waals surface area contributed by atoms with Crippen LogP contribution in [0, 0.1) is 32.1 Å². The minimum absolute atomic E-state index is 0.0352. The molecule has 0 aliphatic rings. The van der Waals surface area contributed by atoms with Gasteiger partial charge in [-0.25, -0.2) is 0 Å². The molecule has 3 rings (SSSR count). The summed E-state index contributed by atoms with van der Waals surface area (Å²) in [5, 5.41) is 13.0. The highest BCUT2D eigenvalue weighted by atomic mass is 79.9. The zero-order valence-electron chi connectivity index (χ0n) is 16.3. The molecular formula is C23H19BrClN3O. The number of hydrogen-bond donors (Lipinski definition) is 1. The molecule has 1 heterocycles. The molecule has 1 N–H and O–H groups in total. The minimum atomic E-state index is -0.450. The van der Waals surface area contributed by atoms with Crippen molar-refractivity contribution in [3.05, 3.63) is 86.1 Å². The van der Waals surface area contributed by atoms with Gasteiger partial charge in [0.2, 0.25) is 0 Å². The monoisotopic (exact) mass is 467 g/mol. The van der Waals surface area contributed by atoms with Gasteiger partial charge in [-0.3, -0.25) is 4.79 Å². The highest BCUT2D eigenvalue weighted by molar-refractivity contribution is 9.10. The Morgan fingerprint density at radius 1 is 1.17 bits per heavy atom. The van der Waals surface area contributed by atoms with Crippen LogP contribution >= 0.6 is 27.5 Å². The first-order valence-corrected chi connectivity index (χ1v) is 10.1. The number of nitrogens with zero attached hydrogens (tertiary/aromatic N) is 2. The van der Waals surface area contributed by atoms with Crippen molar-refractivity contribution < 1.29 is 4.79 Å². The van der Waals surface area contributed by atoms with E-state index in [9.17, 15) is 10.1 Å². The Kier molecular flexibility index (Phi) is 6.26. The van der Waals surface area contributed by atoms with Crippen molar-refractivity contribution in [2.24, 2.45) is 0 Å². The van der Waals surface area contributed by atoms with Gasteiger partial charge in [-0.15, -0.1) is 0 Å². The van der Waals surface area contributed by atoms with Crippen molar-refractivity contribution in [3.63, 3.8) is 0 Å². The number of carbonyl (C=O) groups excluding carboxylic acids is 1. The standard InChI is InChI=1S/C23H19BrClN3O/c1-14-7-8-20(25)12-22(14)28-15(2)9-17(16(28)3)10-18(13-26)23(29)27-21-6-4-5-19(24)11-21/h4-12H,1-3H3,(H,27,29)/b18-10-. The first-order valence-electron chi connectivity index (χ1n) is 8.94. The smallest absolute Gasteiger partial charge is 0.266 e. The number of amides is 1. The first-order chi connectivity index (χ1) is 13.8. The van der Waals surface area contributed by atoms with E-state index in [4.69, 9.17) is 11.6 Å². The molecule has 1 aromatic heterocycles. The van der Waals surface area contributed by atoms with Crippen LogP contribution in [0.5, 0.6) is 0 Å². The van der Waals surface area contributed by atoms with E-state index in [-0.39, 0.29) is 5.57 Å². The fourth-order valence-corrected chi connectivity index (χ4v) is 3.76. The maximum absolute atomic E-state index is 12.6. The Bertz CT molecular complexity index is 1170. The maximum Gasteiger partial charge on any atom is 0.266 e. The van der Waals surface area contributed by atoms with Gasteiger partial charge in [0.1, 0.15) is 11.6 Å². The molecule has 4 nitrogen and oxygen atoms in total. The SMILES string of the molecule is Cc1ccc(Cl)cc1-n1c(C)cc(/C=C(/C#N)C(=O)Nc2cccc(Br)c2)c1C. The quantitative estimate of drug-likeness (QED) is 0.357. The molecule has 0 saturated heterocycles. The molecule has 6 heteroatoms. The third-order valence-electron chi connectivity index (χ3n) is 4.63. The van der Waals surface area contributed by atoms with E-state index >= 15 is 0 Å². The second kappa shape index (κ2) is 8.69. The molecule has 29 heavy (non-hydrogen) atoms. The van der Waals surface area contributed by atoms with Gasteiger partial charge in [-0.2, -0.15) is 5.26 Å². The zero-order valence-corrected chi connectivity index (χ0v) is 18.6. The van der Waals surface area contributed by atoms with E-state index in [0.717, 1.165) is 32.7 Å². The molecule has 0 spiro atoms. The van der Waals surface area contributed by atoms with Gasteiger partial charge in [0.05, 0.1) is 0 Å². The summed E-state index contributed by atoms with van der Waals surface area (Å²) in [6.07, 6.45) is 1.62. The van der Waals surface area contributed by atoms with E-state index < -0.39 is 5.91 Å². The molecule has 0 aliphatic heterocycles. The summed E-state index contributed by atoms with van der Waals surface area (Å²) >= 11 is 9.56. The highest BCUT2D eigenvalue weighted by Gasteiger charge is 2.15. The summed E-state index contributed by atoms with van der Waals surface area (Å²) in [7, 11) is 0. The van der Waals surface area contributed by atoms with Gasteiger partial charge in [0, 0.05) is 32.3 Å². The molecule has 0 radical (unpaired) electrons. The topological polar surface area (TPSA) is 57.8 Å². The molecule has 0 aliphatic carbocycles. The van der Waals surface area contributed by atoms with Crippen LogP contribution in [0.3, 0.4) is 0 Å². The maximum atomic E-state index is 12.6. The number of rotatable bonds is 4.